The first-order valence-corrected chi connectivity index (χ1v) is 9.17. The lowest BCUT2D eigenvalue weighted by atomic mass is 10.1. The van der Waals surface area contributed by atoms with E-state index < -0.39 is 0 Å². The van der Waals surface area contributed by atoms with Crippen LogP contribution in [-0.4, -0.2) is 17.5 Å². The molecule has 7 heteroatoms. The molecule has 136 valence electrons. The zero-order valence-electron chi connectivity index (χ0n) is 14.9. The predicted octanol–water partition coefficient (Wildman–Crippen LogP) is 3.12. The quantitative estimate of drug-likeness (QED) is 0.672. The Hall–Kier alpha value is -2.67. The third-order valence-electron chi connectivity index (χ3n) is 4.00. The monoisotopic (exact) mass is 372 g/mol. The number of nitrogens with zero attached hydrogens (tertiary/aromatic N) is 1. The van der Waals surface area contributed by atoms with Gasteiger partial charge in [-0.25, -0.2) is 9.78 Å². The predicted molar refractivity (Wildman–Crippen MR) is 101 cm³/mol. The minimum atomic E-state index is -0.389. The molecular weight excluding hydrogens is 352 g/mol. The molecule has 26 heavy (non-hydrogen) atoms. The van der Waals surface area contributed by atoms with E-state index in [2.05, 4.69) is 10.3 Å². The van der Waals surface area contributed by atoms with E-state index >= 15 is 0 Å². The number of fused-ring (bicyclic) bond motifs is 1. The fourth-order valence-electron chi connectivity index (χ4n) is 2.71. The van der Waals surface area contributed by atoms with Gasteiger partial charge in [0.05, 0.1) is 17.2 Å². The summed E-state index contributed by atoms with van der Waals surface area (Å²) >= 11 is 1.57. The van der Waals surface area contributed by atoms with Crippen LogP contribution < -0.4 is 15.7 Å². The van der Waals surface area contributed by atoms with E-state index in [4.69, 9.17) is 9.15 Å². The number of rotatable bonds is 6. The molecule has 0 saturated carbocycles. The zero-order chi connectivity index (χ0) is 18.7. The molecule has 0 bridgehead atoms. The Balaban J connectivity index is 1.63. The van der Waals surface area contributed by atoms with E-state index in [1.165, 1.54) is 6.07 Å². The molecule has 1 aromatic carbocycles. The van der Waals surface area contributed by atoms with Crippen LogP contribution in [0.2, 0.25) is 0 Å². The van der Waals surface area contributed by atoms with Crippen molar-refractivity contribution in [2.75, 3.05) is 6.61 Å². The van der Waals surface area contributed by atoms with Gasteiger partial charge in [-0.2, -0.15) is 0 Å². The van der Waals surface area contributed by atoms with Crippen molar-refractivity contribution in [1.82, 2.24) is 10.3 Å². The average molecular weight is 372 g/mol. The number of aromatic nitrogens is 1. The molecule has 0 fully saturated rings. The highest BCUT2D eigenvalue weighted by atomic mass is 32.1. The van der Waals surface area contributed by atoms with Gasteiger partial charge in [-0.1, -0.05) is 6.92 Å². The molecule has 0 spiro atoms. The number of carbonyl (C=O) groups is 1. The molecule has 3 rings (SSSR count). The van der Waals surface area contributed by atoms with Gasteiger partial charge in [0, 0.05) is 22.4 Å². The number of hydrogen-bond donors (Lipinski definition) is 1. The van der Waals surface area contributed by atoms with Crippen molar-refractivity contribution < 1.29 is 13.9 Å². The minimum absolute atomic E-state index is 0.111. The van der Waals surface area contributed by atoms with Crippen molar-refractivity contribution in [3.63, 3.8) is 0 Å². The maximum absolute atomic E-state index is 12.0. The summed E-state index contributed by atoms with van der Waals surface area (Å²) < 4.78 is 10.8. The third kappa shape index (κ3) is 4.11. The van der Waals surface area contributed by atoms with Gasteiger partial charge < -0.3 is 14.5 Å². The fraction of sp³-hybridized carbons (Fsp3) is 0.316. The highest BCUT2D eigenvalue weighted by Crippen LogP contribution is 2.23. The standard InChI is InChI=1S/C19H20N2O4S/c1-4-13-7-19(23)25-16-8-14(5-6-15(13)16)24-10-18(22)20-9-17-11(2)21-12(3)26-17/h5-8H,4,9-10H2,1-3H3,(H,20,22). The van der Waals surface area contributed by atoms with Gasteiger partial charge >= 0.3 is 5.63 Å². The lowest BCUT2D eigenvalue weighted by Crippen LogP contribution is -2.28. The van der Waals surface area contributed by atoms with Crippen molar-refractivity contribution in [3.05, 3.63) is 55.8 Å². The number of amides is 1. The van der Waals surface area contributed by atoms with Crippen LogP contribution in [0.5, 0.6) is 5.75 Å². The van der Waals surface area contributed by atoms with Gasteiger partial charge in [-0.3, -0.25) is 4.79 Å². The molecule has 2 heterocycles. The summed E-state index contributed by atoms with van der Waals surface area (Å²) in [7, 11) is 0. The van der Waals surface area contributed by atoms with Gasteiger partial charge in [0.25, 0.3) is 5.91 Å². The van der Waals surface area contributed by atoms with E-state index in [0.29, 0.717) is 17.9 Å². The molecule has 0 saturated heterocycles. The number of hydrogen-bond acceptors (Lipinski definition) is 6. The van der Waals surface area contributed by atoms with Crippen LogP contribution in [0.3, 0.4) is 0 Å². The van der Waals surface area contributed by atoms with Crippen LogP contribution in [0, 0.1) is 13.8 Å². The van der Waals surface area contributed by atoms with E-state index in [-0.39, 0.29) is 18.1 Å². The lowest BCUT2D eigenvalue weighted by molar-refractivity contribution is -0.123. The van der Waals surface area contributed by atoms with Crippen molar-refractivity contribution in [2.24, 2.45) is 0 Å². The summed E-state index contributed by atoms with van der Waals surface area (Å²) in [5, 5.41) is 4.67. The zero-order valence-corrected chi connectivity index (χ0v) is 15.7. The highest BCUT2D eigenvalue weighted by molar-refractivity contribution is 7.11. The maximum atomic E-state index is 12.0. The summed E-state index contributed by atoms with van der Waals surface area (Å²) in [4.78, 5) is 29.0. The molecule has 2 aromatic heterocycles. The van der Waals surface area contributed by atoms with E-state index in [9.17, 15) is 9.59 Å². The fourth-order valence-corrected chi connectivity index (χ4v) is 3.59. The van der Waals surface area contributed by atoms with Crippen LogP contribution >= 0.6 is 11.3 Å². The second-order valence-electron chi connectivity index (χ2n) is 5.91. The highest BCUT2D eigenvalue weighted by Gasteiger charge is 2.09. The normalized spacial score (nSPS) is 10.9. The number of carbonyl (C=O) groups excluding carboxylic acids is 1. The summed E-state index contributed by atoms with van der Waals surface area (Å²) in [5.41, 5.74) is 1.93. The molecular formula is C19H20N2O4S. The topological polar surface area (TPSA) is 81.4 Å². The molecule has 6 nitrogen and oxygen atoms in total. The lowest BCUT2D eigenvalue weighted by Gasteiger charge is -2.08. The second kappa shape index (κ2) is 7.70. The maximum Gasteiger partial charge on any atom is 0.336 e. The first-order chi connectivity index (χ1) is 12.5. The summed E-state index contributed by atoms with van der Waals surface area (Å²) in [6.07, 6.45) is 0.737. The Morgan fingerprint density at radius 2 is 2.12 bits per heavy atom. The van der Waals surface area contributed by atoms with Crippen molar-refractivity contribution in [2.45, 2.75) is 33.7 Å². The van der Waals surface area contributed by atoms with Crippen LogP contribution in [0.25, 0.3) is 11.0 Å². The van der Waals surface area contributed by atoms with E-state index in [1.807, 2.05) is 26.8 Å². The molecule has 0 unspecified atom stereocenters. The second-order valence-corrected chi connectivity index (χ2v) is 7.20. The first kappa shape index (κ1) is 18.1. The number of nitrogens with one attached hydrogen (secondary N) is 1. The molecule has 1 amide bonds. The smallest absolute Gasteiger partial charge is 0.336 e. The van der Waals surface area contributed by atoms with Gasteiger partial charge in [0.1, 0.15) is 11.3 Å². The molecule has 0 atom stereocenters. The summed E-state index contributed by atoms with van der Waals surface area (Å²) in [6, 6.07) is 6.75. The molecule has 0 aliphatic heterocycles. The number of aryl methyl sites for hydroxylation is 3. The van der Waals surface area contributed by atoms with E-state index in [1.54, 1.807) is 23.5 Å². The number of thiazole rings is 1. The Kier molecular flexibility index (Phi) is 5.37. The molecule has 0 aliphatic carbocycles. The Morgan fingerprint density at radius 1 is 1.31 bits per heavy atom. The largest absolute Gasteiger partial charge is 0.484 e. The van der Waals surface area contributed by atoms with Gasteiger partial charge in [0.15, 0.2) is 6.61 Å². The van der Waals surface area contributed by atoms with Crippen LogP contribution in [0.15, 0.2) is 33.5 Å². The van der Waals surface area contributed by atoms with Crippen molar-refractivity contribution >= 4 is 28.2 Å². The molecule has 1 N–H and O–H groups in total. The first-order valence-electron chi connectivity index (χ1n) is 8.35. The summed E-state index contributed by atoms with van der Waals surface area (Å²) in [5.74, 6) is 0.258. The molecule has 3 aromatic rings. The van der Waals surface area contributed by atoms with Gasteiger partial charge in [-0.15, -0.1) is 11.3 Å². The Bertz CT molecular complexity index is 1010. The van der Waals surface area contributed by atoms with Gasteiger partial charge in [0.2, 0.25) is 0 Å². The third-order valence-corrected chi connectivity index (χ3v) is 5.07. The van der Waals surface area contributed by atoms with Crippen molar-refractivity contribution in [1.29, 1.82) is 0 Å². The van der Waals surface area contributed by atoms with Gasteiger partial charge in [-0.05, 0) is 38.0 Å². The van der Waals surface area contributed by atoms with E-state index in [0.717, 1.165) is 32.9 Å². The molecule has 0 radical (unpaired) electrons. The van der Waals surface area contributed by atoms with Crippen LogP contribution in [0.4, 0.5) is 0 Å². The Morgan fingerprint density at radius 3 is 2.81 bits per heavy atom. The van der Waals surface area contributed by atoms with Crippen molar-refractivity contribution in [3.8, 4) is 5.75 Å². The molecule has 0 aliphatic rings. The summed E-state index contributed by atoms with van der Waals surface area (Å²) in [6.45, 7) is 6.17. The Labute approximate surface area is 154 Å². The minimum Gasteiger partial charge on any atom is -0.484 e. The average Bonchev–Trinajstić information content (AvgIpc) is 2.94. The number of ether oxygens (including phenoxy) is 1. The SMILES string of the molecule is CCc1cc(=O)oc2cc(OCC(=O)NCc3sc(C)nc3C)ccc12. The number of benzene rings is 1. The van der Waals surface area contributed by atoms with Crippen LogP contribution in [0.1, 0.15) is 28.1 Å². The van der Waals surface area contributed by atoms with Crippen LogP contribution in [-0.2, 0) is 17.8 Å².